The lowest BCUT2D eigenvalue weighted by atomic mass is 10.00. The fourth-order valence-electron chi connectivity index (χ4n) is 4.62. The third-order valence-corrected chi connectivity index (χ3v) is 6.66. The van der Waals surface area contributed by atoms with Gasteiger partial charge in [0.25, 0.3) is 5.91 Å². The van der Waals surface area contributed by atoms with Gasteiger partial charge >= 0.3 is 0 Å². The van der Waals surface area contributed by atoms with Crippen molar-refractivity contribution in [2.75, 3.05) is 14.2 Å². The lowest BCUT2D eigenvalue weighted by Gasteiger charge is -2.24. The molecule has 1 amide bonds. The van der Waals surface area contributed by atoms with Crippen LogP contribution in [0.1, 0.15) is 32.8 Å². The number of hydrogen-bond donors (Lipinski definition) is 0. The second kappa shape index (κ2) is 10.8. The summed E-state index contributed by atoms with van der Waals surface area (Å²) in [4.78, 5) is 20.7. The maximum absolute atomic E-state index is 13.8. The smallest absolute Gasteiger partial charge is 0.254 e. The van der Waals surface area contributed by atoms with E-state index in [-0.39, 0.29) is 5.91 Å². The number of hydrogen-bond acceptors (Lipinski definition) is 5. The Bertz CT molecular complexity index is 1570. The van der Waals surface area contributed by atoms with Crippen LogP contribution >= 0.6 is 0 Å². The molecule has 5 aromatic rings. The lowest BCUT2D eigenvalue weighted by Crippen LogP contribution is -2.30. The number of amides is 1. The maximum Gasteiger partial charge on any atom is 0.254 e. The van der Waals surface area contributed by atoms with Gasteiger partial charge in [-0.3, -0.25) is 4.79 Å². The van der Waals surface area contributed by atoms with E-state index in [1.807, 2.05) is 86.6 Å². The van der Waals surface area contributed by atoms with E-state index in [4.69, 9.17) is 18.9 Å². The van der Waals surface area contributed by atoms with Crippen LogP contribution in [0.5, 0.6) is 11.5 Å². The zero-order valence-corrected chi connectivity index (χ0v) is 22.0. The van der Waals surface area contributed by atoms with Crippen LogP contribution in [0, 0.1) is 13.8 Å². The Morgan fingerprint density at radius 2 is 1.71 bits per heavy atom. The molecule has 0 aliphatic carbocycles. The Hall–Kier alpha value is -4.58. The number of carbonyl (C=O) groups excluding carboxylic acids is 1. The van der Waals surface area contributed by atoms with Crippen molar-refractivity contribution in [1.82, 2.24) is 9.88 Å². The van der Waals surface area contributed by atoms with E-state index in [9.17, 15) is 4.79 Å². The van der Waals surface area contributed by atoms with Crippen molar-refractivity contribution in [1.29, 1.82) is 0 Å². The third kappa shape index (κ3) is 5.11. The normalized spacial score (nSPS) is 10.9. The molecule has 0 unspecified atom stereocenters. The molecular formula is C32H30N2O4. The highest BCUT2D eigenvalue weighted by Gasteiger charge is 2.22. The highest BCUT2D eigenvalue weighted by molar-refractivity contribution is 5.94. The number of aromatic nitrogens is 1. The molecule has 2 heterocycles. The number of ether oxygens (including phenoxy) is 2. The van der Waals surface area contributed by atoms with E-state index in [1.54, 1.807) is 25.4 Å². The number of furan rings is 1. The monoisotopic (exact) mass is 506 g/mol. The molecule has 192 valence electrons. The largest absolute Gasteiger partial charge is 0.497 e. The minimum absolute atomic E-state index is 0.0886. The van der Waals surface area contributed by atoms with Gasteiger partial charge in [-0.1, -0.05) is 35.9 Å². The van der Waals surface area contributed by atoms with E-state index in [1.165, 1.54) is 0 Å². The molecule has 0 radical (unpaired) electrons. The maximum atomic E-state index is 13.8. The van der Waals surface area contributed by atoms with Crippen LogP contribution in [-0.4, -0.2) is 30.0 Å². The van der Waals surface area contributed by atoms with Gasteiger partial charge < -0.3 is 18.8 Å². The summed E-state index contributed by atoms with van der Waals surface area (Å²) in [5.41, 5.74) is 6.12. The summed E-state index contributed by atoms with van der Waals surface area (Å²) in [5, 5.41) is 1.01. The Morgan fingerprint density at radius 3 is 2.42 bits per heavy atom. The Labute approximate surface area is 222 Å². The molecule has 0 bridgehead atoms. The minimum atomic E-state index is -0.0886. The van der Waals surface area contributed by atoms with E-state index >= 15 is 0 Å². The van der Waals surface area contributed by atoms with Crippen LogP contribution in [0.15, 0.2) is 89.5 Å². The highest BCUT2D eigenvalue weighted by Crippen LogP contribution is 2.37. The van der Waals surface area contributed by atoms with Gasteiger partial charge in [0.1, 0.15) is 17.3 Å². The first kappa shape index (κ1) is 25.1. The van der Waals surface area contributed by atoms with Gasteiger partial charge in [-0.2, -0.15) is 0 Å². The number of para-hydroxylation sites is 1. The highest BCUT2D eigenvalue weighted by atomic mass is 16.5. The van der Waals surface area contributed by atoms with Crippen LogP contribution in [0.2, 0.25) is 0 Å². The van der Waals surface area contributed by atoms with Crippen LogP contribution in [0.25, 0.3) is 22.2 Å². The Balaban J connectivity index is 1.66. The summed E-state index contributed by atoms with van der Waals surface area (Å²) < 4.78 is 16.9. The number of methoxy groups -OCH3 is 2. The number of carbonyl (C=O) groups is 1. The van der Waals surface area contributed by atoms with Crippen molar-refractivity contribution in [2.45, 2.75) is 26.9 Å². The van der Waals surface area contributed by atoms with Gasteiger partial charge in [-0.15, -0.1) is 0 Å². The first-order valence-corrected chi connectivity index (χ1v) is 12.5. The molecule has 0 aliphatic rings. The predicted octanol–water partition coefficient (Wildman–Crippen LogP) is 6.97. The molecule has 6 nitrogen and oxygen atoms in total. The summed E-state index contributed by atoms with van der Waals surface area (Å²) >= 11 is 0. The first-order chi connectivity index (χ1) is 18.5. The van der Waals surface area contributed by atoms with Crippen molar-refractivity contribution in [3.05, 3.63) is 113 Å². The van der Waals surface area contributed by atoms with Gasteiger partial charge in [-0.25, -0.2) is 4.98 Å². The average Bonchev–Trinajstić information content (AvgIpc) is 3.45. The molecule has 0 fully saturated rings. The van der Waals surface area contributed by atoms with E-state index < -0.39 is 0 Å². The molecule has 3 aromatic carbocycles. The number of fused-ring (bicyclic) bond motifs is 1. The molecule has 0 saturated carbocycles. The van der Waals surface area contributed by atoms with E-state index in [2.05, 4.69) is 6.07 Å². The molecule has 38 heavy (non-hydrogen) atoms. The number of pyridine rings is 1. The van der Waals surface area contributed by atoms with Crippen molar-refractivity contribution in [3.8, 4) is 22.8 Å². The molecule has 5 rings (SSSR count). The zero-order valence-electron chi connectivity index (χ0n) is 22.0. The van der Waals surface area contributed by atoms with Gasteiger partial charge in [0.15, 0.2) is 0 Å². The van der Waals surface area contributed by atoms with E-state index in [0.717, 1.165) is 38.9 Å². The standard InChI is InChI=1S/C32H30N2O4/c1-21-10-12-23(13-11-21)32(35)34(20-27-9-6-16-38-27)19-25-17-24-8-5-7-22(2)30(24)33-31(25)28-18-26(36-3)14-15-29(28)37-4/h5-18H,19-20H2,1-4H3. The van der Waals surface area contributed by atoms with Crippen molar-refractivity contribution in [3.63, 3.8) is 0 Å². The Morgan fingerprint density at radius 1 is 0.895 bits per heavy atom. The molecule has 6 heteroatoms. The molecule has 2 aromatic heterocycles. The molecule has 0 spiro atoms. The Kier molecular flexibility index (Phi) is 7.13. The average molecular weight is 507 g/mol. The summed E-state index contributed by atoms with van der Waals surface area (Å²) in [6.45, 7) is 4.69. The second-order valence-corrected chi connectivity index (χ2v) is 9.32. The van der Waals surface area contributed by atoms with Crippen LogP contribution in [0.4, 0.5) is 0 Å². The fourth-order valence-corrected chi connectivity index (χ4v) is 4.62. The van der Waals surface area contributed by atoms with Crippen LogP contribution < -0.4 is 9.47 Å². The molecule has 0 saturated heterocycles. The molecule has 0 N–H and O–H groups in total. The number of benzene rings is 3. The summed E-state index contributed by atoms with van der Waals surface area (Å²) in [7, 11) is 3.28. The summed E-state index contributed by atoms with van der Waals surface area (Å²) in [5.74, 6) is 1.99. The van der Waals surface area contributed by atoms with Crippen LogP contribution in [0.3, 0.4) is 0 Å². The van der Waals surface area contributed by atoms with Crippen molar-refractivity contribution in [2.24, 2.45) is 0 Å². The van der Waals surface area contributed by atoms with Crippen molar-refractivity contribution < 1.29 is 18.7 Å². The predicted molar refractivity (Wildman–Crippen MR) is 148 cm³/mol. The zero-order chi connectivity index (χ0) is 26.6. The minimum Gasteiger partial charge on any atom is -0.497 e. The molecule has 0 atom stereocenters. The number of nitrogens with zero attached hydrogens (tertiary/aromatic N) is 2. The summed E-state index contributed by atoms with van der Waals surface area (Å²) in [6.07, 6.45) is 1.62. The third-order valence-electron chi connectivity index (χ3n) is 6.66. The topological polar surface area (TPSA) is 64.8 Å². The van der Waals surface area contributed by atoms with Crippen molar-refractivity contribution >= 4 is 16.8 Å². The summed E-state index contributed by atoms with van der Waals surface area (Å²) in [6, 6.07) is 25.2. The van der Waals surface area contributed by atoms with Gasteiger partial charge in [0.05, 0.1) is 38.2 Å². The fraction of sp³-hybridized carbons (Fsp3) is 0.188. The second-order valence-electron chi connectivity index (χ2n) is 9.32. The SMILES string of the molecule is COc1ccc(OC)c(-c2nc3c(C)cccc3cc2CN(Cc2ccco2)C(=O)c2ccc(C)cc2)c1. The van der Waals surface area contributed by atoms with Gasteiger partial charge in [0.2, 0.25) is 0 Å². The lowest BCUT2D eigenvalue weighted by molar-refractivity contribution is 0.0718. The van der Waals surface area contributed by atoms with Gasteiger partial charge in [-0.05, 0) is 73.5 Å². The van der Waals surface area contributed by atoms with E-state index in [0.29, 0.717) is 35.9 Å². The number of rotatable bonds is 8. The molecule has 0 aliphatic heterocycles. The number of aryl methyl sites for hydroxylation is 2. The molecular weight excluding hydrogens is 476 g/mol. The quantitative estimate of drug-likeness (QED) is 0.227. The van der Waals surface area contributed by atoms with Crippen LogP contribution in [-0.2, 0) is 13.1 Å². The van der Waals surface area contributed by atoms with Gasteiger partial charge in [0, 0.05) is 23.1 Å². The first-order valence-electron chi connectivity index (χ1n) is 12.5.